The molecule has 0 saturated heterocycles. The Morgan fingerprint density at radius 1 is 1.35 bits per heavy atom. The van der Waals surface area contributed by atoms with Crippen LogP contribution in [0.3, 0.4) is 0 Å². The van der Waals surface area contributed by atoms with Gasteiger partial charge in [0.25, 0.3) is 5.91 Å². The molecule has 0 saturated carbocycles. The van der Waals surface area contributed by atoms with Crippen molar-refractivity contribution in [3.63, 3.8) is 0 Å². The predicted molar refractivity (Wildman–Crippen MR) is 82.6 cm³/mol. The fourth-order valence-corrected chi connectivity index (χ4v) is 2.38. The summed E-state index contributed by atoms with van der Waals surface area (Å²) in [5, 5.41) is 11.5. The lowest BCUT2D eigenvalue weighted by Gasteiger charge is -2.19. The molecule has 1 atom stereocenters. The maximum absolute atomic E-state index is 12.3. The highest BCUT2D eigenvalue weighted by Gasteiger charge is 2.32. The number of carboxylic acids is 1. The van der Waals surface area contributed by atoms with E-state index in [9.17, 15) is 14.4 Å². The van der Waals surface area contributed by atoms with Crippen LogP contribution in [0.1, 0.15) is 22.3 Å². The number of ether oxygens (including phenoxy) is 1. The Labute approximate surface area is 133 Å². The van der Waals surface area contributed by atoms with Gasteiger partial charge in [0.2, 0.25) is 5.91 Å². The highest BCUT2D eigenvalue weighted by Crippen LogP contribution is 2.30. The Bertz CT molecular complexity index is 621. The lowest BCUT2D eigenvalue weighted by molar-refractivity contribution is -0.142. The molecule has 1 heterocycles. The molecule has 1 aromatic rings. The number of carbonyl (C=O) groups excluding carboxylic acids is 2. The number of hydrogen-bond donors (Lipinski definition) is 2. The van der Waals surface area contributed by atoms with Crippen LogP contribution in [0.4, 0.5) is 0 Å². The predicted octanol–water partition coefficient (Wildman–Crippen LogP) is 0.719. The summed E-state index contributed by atoms with van der Waals surface area (Å²) >= 11 is 0. The minimum absolute atomic E-state index is 0.146. The summed E-state index contributed by atoms with van der Waals surface area (Å²) in [5.74, 6) is -2.02. The molecule has 0 radical (unpaired) electrons. The van der Waals surface area contributed by atoms with E-state index in [4.69, 9.17) is 9.84 Å². The number of methoxy groups -OCH3 is 1. The first kappa shape index (κ1) is 16.7. The molecule has 0 aliphatic carbocycles. The fourth-order valence-electron chi connectivity index (χ4n) is 2.38. The molecule has 1 aliphatic rings. The normalized spacial score (nSPS) is 14.6. The topological polar surface area (TPSA) is 95.9 Å². The van der Waals surface area contributed by atoms with Crippen molar-refractivity contribution in [2.24, 2.45) is 0 Å². The van der Waals surface area contributed by atoms with E-state index in [2.05, 4.69) is 11.9 Å². The van der Waals surface area contributed by atoms with E-state index in [1.165, 1.54) is 12.0 Å². The zero-order valence-corrected chi connectivity index (χ0v) is 12.7. The average molecular weight is 318 g/mol. The molecule has 1 aromatic carbocycles. The van der Waals surface area contributed by atoms with Gasteiger partial charge in [0.15, 0.2) is 0 Å². The van der Waals surface area contributed by atoms with Crippen molar-refractivity contribution >= 4 is 23.5 Å². The number of nitrogens with one attached hydrogen (secondary N) is 1. The van der Waals surface area contributed by atoms with Gasteiger partial charge >= 0.3 is 5.97 Å². The monoisotopic (exact) mass is 318 g/mol. The number of carbonyl (C=O) groups is 3. The highest BCUT2D eigenvalue weighted by atomic mass is 16.5. The van der Waals surface area contributed by atoms with Crippen LogP contribution in [0.5, 0.6) is 0 Å². The number of rotatable bonds is 7. The third-order valence-electron chi connectivity index (χ3n) is 3.59. The fraction of sp³-hybridized carbons (Fsp3) is 0.312. The molecule has 2 rings (SSSR count). The van der Waals surface area contributed by atoms with Gasteiger partial charge in [0, 0.05) is 37.0 Å². The molecule has 7 heteroatoms. The van der Waals surface area contributed by atoms with Gasteiger partial charge in [-0.05, 0) is 6.07 Å². The van der Waals surface area contributed by atoms with Gasteiger partial charge < -0.3 is 15.2 Å². The Balaban J connectivity index is 2.02. The molecule has 0 aromatic heterocycles. The molecule has 0 bridgehead atoms. The number of amides is 2. The molecular formula is C16H18N2O5. The van der Waals surface area contributed by atoms with E-state index in [0.717, 1.165) is 0 Å². The first-order chi connectivity index (χ1) is 11.0. The Morgan fingerprint density at radius 3 is 2.57 bits per heavy atom. The SMILES string of the molecule is C=C1c2ccccc2C(=O)N1CC(=O)NC(CCOC)C(=O)O. The first-order valence-corrected chi connectivity index (χ1v) is 7.07. The van der Waals surface area contributed by atoms with Gasteiger partial charge in [-0.1, -0.05) is 24.8 Å². The molecule has 2 amide bonds. The summed E-state index contributed by atoms with van der Waals surface area (Å²) in [5.41, 5.74) is 1.60. The Morgan fingerprint density at radius 2 is 2.00 bits per heavy atom. The maximum Gasteiger partial charge on any atom is 0.326 e. The van der Waals surface area contributed by atoms with Gasteiger partial charge in [-0.15, -0.1) is 0 Å². The van der Waals surface area contributed by atoms with E-state index in [1.54, 1.807) is 24.3 Å². The highest BCUT2D eigenvalue weighted by molar-refractivity contribution is 6.10. The lowest BCUT2D eigenvalue weighted by Crippen LogP contribution is -2.45. The number of carboxylic acid groups (broad SMARTS) is 1. The van der Waals surface area contributed by atoms with Crippen LogP contribution in [0.2, 0.25) is 0 Å². The van der Waals surface area contributed by atoms with Gasteiger partial charge in [0.1, 0.15) is 12.6 Å². The Kier molecular flexibility index (Phi) is 5.13. The summed E-state index contributed by atoms with van der Waals surface area (Å²) in [6, 6.07) is 5.88. The van der Waals surface area contributed by atoms with Crippen LogP contribution in [-0.4, -0.2) is 54.1 Å². The van der Waals surface area contributed by atoms with Crippen LogP contribution in [0.15, 0.2) is 30.8 Å². The number of benzene rings is 1. The summed E-state index contributed by atoms with van der Waals surface area (Å²) in [6.07, 6.45) is 0.146. The van der Waals surface area contributed by atoms with Gasteiger partial charge in [-0.2, -0.15) is 0 Å². The van der Waals surface area contributed by atoms with Crippen molar-refractivity contribution in [1.29, 1.82) is 0 Å². The molecule has 2 N–H and O–H groups in total. The molecule has 7 nitrogen and oxygen atoms in total. The van der Waals surface area contributed by atoms with E-state index < -0.39 is 17.9 Å². The summed E-state index contributed by atoms with van der Waals surface area (Å²) < 4.78 is 4.82. The second-order valence-corrected chi connectivity index (χ2v) is 5.12. The Hall–Kier alpha value is -2.67. The van der Waals surface area contributed by atoms with Crippen molar-refractivity contribution in [2.75, 3.05) is 20.3 Å². The maximum atomic E-state index is 12.3. The lowest BCUT2D eigenvalue weighted by atomic mass is 10.1. The van der Waals surface area contributed by atoms with E-state index in [0.29, 0.717) is 16.8 Å². The molecule has 1 aliphatic heterocycles. The van der Waals surface area contributed by atoms with Crippen molar-refractivity contribution in [3.05, 3.63) is 42.0 Å². The minimum atomic E-state index is -1.15. The standard InChI is InChI=1S/C16H18N2O5/c1-10-11-5-3-4-6-12(11)15(20)18(10)9-14(19)17-13(16(21)22)7-8-23-2/h3-6,13H,1,7-9H2,2H3,(H,17,19)(H,21,22). The van der Waals surface area contributed by atoms with Crippen molar-refractivity contribution < 1.29 is 24.2 Å². The second kappa shape index (κ2) is 7.06. The zero-order chi connectivity index (χ0) is 17.0. The average Bonchev–Trinajstić information content (AvgIpc) is 2.76. The smallest absolute Gasteiger partial charge is 0.326 e. The third kappa shape index (κ3) is 3.57. The molecule has 122 valence electrons. The molecular weight excluding hydrogens is 300 g/mol. The van der Waals surface area contributed by atoms with Crippen LogP contribution < -0.4 is 5.32 Å². The zero-order valence-electron chi connectivity index (χ0n) is 12.7. The van der Waals surface area contributed by atoms with Gasteiger partial charge in [-0.3, -0.25) is 14.5 Å². The van der Waals surface area contributed by atoms with Crippen LogP contribution in [-0.2, 0) is 14.3 Å². The van der Waals surface area contributed by atoms with E-state index in [1.807, 2.05) is 0 Å². The van der Waals surface area contributed by atoms with E-state index in [-0.39, 0.29) is 25.5 Å². The minimum Gasteiger partial charge on any atom is -0.480 e. The molecule has 0 fully saturated rings. The van der Waals surface area contributed by atoms with Crippen molar-refractivity contribution in [3.8, 4) is 0 Å². The quantitative estimate of drug-likeness (QED) is 0.772. The van der Waals surface area contributed by atoms with Crippen LogP contribution in [0.25, 0.3) is 5.70 Å². The number of aliphatic carboxylic acids is 1. The molecule has 1 unspecified atom stereocenters. The third-order valence-corrected chi connectivity index (χ3v) is 3.59. The molecule has 23 heavy (non-hydrogen) atoms. The van der Waals surface area contributed by atoms with Crippen molar-refractivity contribution in [1.82, 2.24) is 10.2 Å². The number of nitrogens with zero attached hydrogens (tertiary/aromatic N) is 1. The second-order valence-electron chi connectivity index (χ2n) is 5.12. The van der Waals surface area contributed by atoms with Crippen LogP contribution in [0, 0.1) is 0 Å². The van der Waals surface area contributed by atoms with Gasteiger partial charge in [-0.25, -0.2) is 4.79 Å². The summed E-state index contributed by atoms with van der Waals surface area (Å²) in [6.45, 7) is 3.76. The largest absolute Gasteiger partial charge is 0.480 e. The van der Waals surface area contributed by atoms with Crippen molar-refractivity contribution in [2.45, 2.75) is 12.5 Å². The van der Waals surface area contributed by atoms with Crippen LogP contribution >= 0.6 is 0 Å². The first-order valence-electron chi connectivity index (χ1n) is 7.07. The molecule has 0 spiro atoms. The number of hydrogen-bond acceptors (Lipinski definition) is 4. The number of fused-ring (bicyclic) bond motifs is 1. The summed E-state index contributed by atoms with van der Waals surface area (Å²) in [7, 11) is 1.45. The van der Waals surface area contributed by atoms with E-state index >= 15 is 0 Å². The van der Waals surface area contributed by atoms with Gasteiger partial charge in [0.05, 0.1) is 0 Å². The summed E-state index contributed by atoms with van der Waals surface area (Å²) in [4.78, 5) is 36.7.